The minimum absolute atomic E-state index is 0.0489. The average molecular weight is 278 g/mol. The largest absolute Gasteiger partial charge is 0.494 e. The summed E-state index contributed by atoms with van der Waals surface area (Å²) in [7, 11) is 0. The SMILES string of the molecule is CCOc1ccc(NC(=O)CNCC2CCCO2)cc1. The maximum absolute atomic E-state index is 11.8. The van der Waals surface area contributed by atoms with Crippen molar-refractivity contribution in [3.8, 4) is 5.75 Å². The number of anilines is 1. The molecule has 1 aliphatic rings. The van der Waals surface area contributed by atoms with Crippen LogP contribution in [-0.2, 0) is 9.53 Å². The second kappa shape index (κ2) is 7.87. The van der Waals surface area contributed by atoms with Crippen molar-refractivity contribution < 1.29 is 14.3 Å². The van der Waals surface area contributed by atoms with Gasteiger partial charge in [0.05, 0.1) is 19.3 Å². The van der Waals surface area contributed by atoms with Crippen LogP contribution in [0.3, 0.4) is 0 Å². The van der Waals surface area contributed by atoms with E-state index in [9.17, 15) is 4.79 Å². The third-order valence-electron chi connectivity index (χ3n) is 3.13. The summed E-state index contributed by atoms with van der Waals surface area (Å²) in [4.78, 5) is 11.8. The second-order valence-electron chi connectivity index (χ2n) is 4.77. The topological polar surface area (TPSA) is 59.6 Å². The van der Waals surface area contributed by atoms with Crippen molar-refractivity contribution in [3.63, 3.8) is 0 Å². The Bertz CT molecular complexity index is 414. The van der Waals surface area contributed by atoms with Crippen molar-refractivity contribution in [3.05, 3.63) is 24.3 Å². The summed E-state index contributed by atoms with van der Waals surface area (Å²) in [5, 5.41) is 5.96. The molecule has 1 amide bonds. The minimum atomic E-state index is -0.0489. The van der Waals surface area contributed by atoms with E-state index in [0.717, 1.165) is 37.4 Å². The number of nitrogens with one attached hydrogen (secondary N) is 2. The molecule has 1 aromatic carbocycles. The summed E-state index contributed by atoms with van der Waals surface area (Å²) in [5.41, 5.74) is 0.775. The molecule has 0 saturated carbocycles. The molecule has 1 atom stereocenters. The molecule has 1 saturated heterocycles. The van der Waals surface area contributed by atoms with E-state index in [0.29, 0.717) is 13.2 Å². The van der Waals surface area contributed by atoms with Crippen LogP contribution in [0.15, 0.2) is 24.3 Å². The molecule has 1 fully saturated rings. The third kappa shape index (κ3) is 4.83. The lowest BCUT2D eigenvalue weighted by Gasteiger charge is -2.11. The molecular formula is C15H22N2O3. The van der Waals surface area contributed by atoms with E-state index in [1.54, 1.807) is 0 Å². The zero-order valence-electron chi connectivity index (χ0n) is 11.9. The van der Waals surface area contributed by atoms with Crippen molar-refractivity contribution in [1.82, 2.24) is 5.32 Å². The first-order chi connectivity index (χ1) is 9.78. The van der Waals surface area contributed by atoms with Crippen LogP contribution in [0, 0.1) is 0 Å². The molecule has 0 radical (unpaired) electrons. The van der Waals surface area contributed by atoms with E-state index in [-0.39, 0.29) is 12.0 Å². The Hall–Kier alpha value is -1.59. The predicted octanol–water partition coefficient (Wildman–Crippen LogP) is 1.79. The smallest absolute Gasteiger partial charge is 0.238 e. The van der Waals surface area contributed by atoms with E-state index in [1.807, 2.05) is 31.2 Å². The fraction of sp³-hybridized carbons (Fsp3) is 0.533. The normalized spacial score (nSPS) is 17.9. The van der Waals surface area contributed by atoms with Crippen LogP contribution in [0.25, 0.3) is 0 Å². The highest BCUT2D eigenvalue weighted by Gasteiger charge is 2.15. The molecule has 0 spiro atoms. The van der Waals surface area contributed by atoms with Gasteiger partial charge in [-0.25, -0.2) is 0 Å². The number of benzene rings is 1. The highest BCUT2D eigenvalue weighted by atomic mass is 16.5. The minimum Gasteiger partial charge on any atom is -0.494 e. The average Bonchev–Trinajstić information content (AvgIpc) is 2.94. The Morgan fingerprint density at radius 2 is 2.20 bits per heavy atom. The van der Waals surface area contributed by atoms with E-state index in [1.165, 1.54) is 0 Å². The Morgan fingerprint density at radius 1 is 1.40 bits per heavy atom. The van der Waals surface area contributed by atoms with Gasteiger partial charge in [-0.2, -0.15) is 0 Å². The zero-order chi connectivity index (χ0) is 14.2. The quantitative estimate of drug-likeness (QED) is 0.798. The van der Waals surface area contributed by atoms with E-state index < -0.39 is 0 Å². The third-order valence-corrected chi connectivity index (χ3v) is 3.13. The lowest BCUT2D eigenvalue weighted by molar-refractivity contribution is -0.115. The summed E-state index contributed by atoms with van der Waals surface area (Å²) in [6.07, 6.45) is 2.45. The predicted molar refractivity (Wildman–Crippen MR) is 78.1 cm³/mol. The Morgan fingerprint density at radius 3 is 2.85 bits per heavy atom. The van der Waals surface area contributed by atoms with Crippen LogP contribution in [0.4, 0.5) is 5.69 Å². The molecule has 0 aromatic heterocycles. The molecule has 1 aliphatic heterocycles. The van der Waals surface area contributed by atoms with Crippen molar-refractivity contribution in [2.75, 3.05) is 31.6 Å². The van der Waals surface area contributed by atoms with Crippen molar-refractivity contribution in [2.24, 2.45) is 0 Å². The Labute approximate surface area is 119 Å². The van der Waals surface area contributed by atoms with Gasteiger partial charge in [0.1, 0.15) is 5.75 Å². The zero-order valence-corrected chi connectivity index (χ0v) is 11.9. The number of carbonyl (C=O) groups excluding carboxylic acids is 1. The molecule has 2 N–H and O–H groups in total. The summed E-state index contributed by atoms with van der Waals surface area (Å²) in [6.45, 7) is 4.45. The van der Waals surface area contributed by atoms with Gasteiger partial charge in [0, 0.05) is 18.8 Å². The maximum atomic E-state index is 11.8. The van der Waals surface area contributed by atoms with Crippen LogP contribution >= 0.6 is 0 Å². The number of amides is 1. The molecule has 110 valence electrons. The van der Waals surface area contributed by atoms with E-state index in [4.69, 9.17) is 9.47 Å². The number of ether oxygens (including phenoxy) is 2. The van der Waals surface area contributed by atoms with Gasteiger partial charge in [0.15, 0.2) is 0 Å². The van der Waals surface area contributed by atoms with Gasteiger partial charge in [-0.15, -0.1) is 0 Å². The van der Waals surface area contributed by atoms with Crippen molar-refractivity contribution >= 4 is 11.6 Å². The van der Waals surface area contributed by atoms with Gasteiger partial charge in [0.2, 0.25) is 5.91 Å². The fourth-order valence-corrected chi connectivity index (χ4v) is 2.16. The first kappa shape index (κ1) is 14.8. The first-order valence-electron chi connectivity index (χ1n) is 7.13. The lowest BCUT2D eigenvalue weighted by Crippen LogP contribution is -2.33. The van der Waals surface area contributed by atoms with Crippen LogP contribution in [0.5, 0.6) is 5.75 Å². The number of carbonyl (C=O) groups is 1. The van der Waals surface area contributed by atoms with Crippen molar-refractivity contribution in [2.45, 2.75) is 25.9 Å². The molecular weight excluding hydrogens is 256 g/mol. The summed E-state index contributed by atoms with van der Waals surface area (Å²) >= 11 is 0. The summed E-state index contributed by atoms with van der Waals surface area (Å²) in [5.74, 6) is 0.758. The monoisotopic (exact) mass is 278 g/mol. The van der Waals surface area contributed by atoms with Gasteiger partial charge in [0.25, 0.3) is 0 Å². The molecule has 1 heterocycles. The van der Waals surface area contributed by atoms with Gasteiger partial charge >= 0.3 is 0 Å². The van der Waals surface area contributed by atoms with E-state index in [2.05, 4.69) is 10.6 Å². The van der Waals surface area contributed by atoms with Crippen LogP contribution in [0.1, 0.15) is 19.8 Å². The highest BCUT2D eigenvalue weighted by Crippen LogP contribution is 2.15. The van der Waals surface area contributed by atoms with Gasteiger partial charge < -0.3 is 20.1 Å². The summed E-state index contributed by atoms with van der Waals surface area (Å²) < 4.78 is 10.8. The standard InChI is InChI=1S/C15H22N2O3/c1-2-19-13-7-5-12(6-8-13)17-15(18)11-16-10-14-4-3-9-20-14/h5-8,14,16H,2-4,9-11H2,1H3,(H,17,18). The molecule has 5 heteroatoms. The summed E-state index contributed by atoms with van der Waals surface area (Å²) in [6, 6.07) is 7.36. The van der Waals surface area contributed by atoms with Crippen LogP contribution in [0.2, 0.25) is 0 Å². The molecule has 0 bridgehead atoms. The Balaban J connectivity index is 1.67. The first-order valence-corrected chi connectivity index (χ1v) is 7.13. The molecule has 2 rings (SSSR count). The number of rotatable bonds is 7. The van der Waals surface area contributed by atoms with E-state index >= 15 is 0 Å². The second-order valence-corrected chi connectivity index (χ2v) is 4.77. The van der Waals surface area contributed by atoms with Crippen LogP contribution in [-0.4, -0.2) is 38.3 Å². The molecule has 1 aromatic rings. The molecule has 0 aliphatic carbocycles. The molecule has 1 unspecified atom stereocenters. The van der Waals surface area contributed by atoms with Crippen molar-refractivity contribution in [1.29, 1.82) is 0 Å². The Kier molecular flexibility index (Phi) is 5.83. The molecule has 5 nitrogen and oxygen atoms in total. The lowest BCUT2D eigenvalue weighted by atomic mass is 10.2. The highest BCUT2D eigenvalue weighted by molar-refractivity contribution is 5.92. The van der Waals surface area contributed by atoms with Crippen LogP contribution < -0.4 is 15.4 Å². The number of hydrogen-bond donors (Lipinski definition) is 2. The fourth-order valence-electron chi connectivity index (χ4n) is 2.16. The molecule has 20 heavy (non-hydrogen) atoms. The van der Waals surface area contributed by atoms with Gasteiger partial charge in [-0.1, -0.05) is 0 Å². The van der Waals surface area contributed by atoms with Gasteiger partial charge in [-0.3, -0.25) is 4.79 Å². The number of hydrogen-bond acceptors (Lipinski definition) is 4. The maximum Gasteiger partial charge on any atom is 0.238 e. The van der Waals surface area contributed by atoms with Gasteiger partial charge in [-0.05, 0) is 44.0 Å².